The Bertz CT molecular complexity index is 1070. The minimum atomic E-state index is 0.842. The second-order valence-corrected chi connectivity index (χ2v) is 7.22. The van der Waals surface area contributed by atoms with Gasteiger partial charge in [0.1, 0.15) is 11.5 Å². The minimum absolute atomic E-state index is 0.842. The zero-order valence-corrected chi connectivity index (χ0v) is 17.6. The summed E-state index contributed by atoms with van der Waals surface area (Å²) in [5, 5.41) is 0. The van der Waals surface area contributed by atoms with Crippen molar-refractivity contribution < 1.29 is 9.47 Å². The average molecular weight is 396 g/mol. The molecule has 30 heavy (non-hydrogen) atoms. The molecule has 4 heteroatoms. The van der Waals surface area contributed by atoms with Crippen molar-refractivity contribution >= 4 is 0 Å². The number of rotatable bonds is 5. The van der Waals surface area contributed by atoms with E-state index in [-0.39, 0.29) is 0 Å². The fourth-order valence-electron chi connectivity index (χ4n) is 3.50. The first-order valence-electron chi connectivity index (χ1n) is 9.82. The van der Waals surface area contributed by atoms with Crippen molar-refractivity contribution in [3.8, 4) is 45.1 Å². The van der Waals surface area contributed by atoms with Gasteiger partial charge in [0.15, 0.2) is 0 Å². The summed E-state index contributed by atoms with van der Waals surface area (Å²) in [4.78, 5) is 9.52. The molecule has 0 spiro atoms. The molecule has 0 aliphatic carbocycles. The molecule has 2 aromatic heterocycles. The summed E-state index contributed by atoms with van der Waals surface area (Å²) < 4.78 is 10.5. The molecule has 0 saturated carbocycles. The maximum atomic E-state index is 5.27. The first kappa shape index (κ1) is 19.6. The second-order valence-electron chi connectivity index (χ2n) is 7.22. The van der Waals surface area contributed by atoms with Crippen LogP contribution in [0.5, 0.6) is 11.5 Å². The van der Waals surface area contributed by atoms with Gasteiger partial charge in [-0.2, -0.15) is 0 Å². The van der Waals surface area contributed by atoms with Gasteiger partial charge in [-0.1, -0.05) is 24.3 Å². The molecule has 150 valence electrons. The lowest BCUT2D eigenvalue weighted by molar-refractivity contribution is 0.415. The van der Waals surface area contributed by atoms with Crippen LogP contribution in [0.3, 0.4) is 0 Å². The first-order chi connectivity index (χ1) is 14.6. The van der Waals surface area contributed by atoms with Crippen LogP contribution >= 0.6 is 0 Å². The largest absolute Gasteiger partial charge is 0.497 e. The highest BCUT2D eigenvalue weighted by molar-refractivity contribution is 5.74. The smallest absolute Gasteiger partial charge is 0.118 e. The molecule has 0 atom stereocenters. The Balaban J connectivity index is 1.76. The van der Waals surface area contributed by atoms with E-state index < -0.39 is 0 Å². The zero-order chi connectivity index (χ0) is 21.1. The van der Waals surface area contributed by atoms with E-state index in [1.54, 1.807) is 14.2 Å². The summed E-state index contributed by atoms with van der Waals surface area (Å²) >= 11 is 0. The van der Waals surface area contributed by atoms with Gasteiger partial charge >= 0.3 is 0 Å². The maximum absolute atomic E-state index is 5.27. The van der Waals surface area contributed by atoms with Crippen LogP contribution in [0.1, 0.15) is 11.4 Å². The van der Waals surface area contributed by atoms with Crippen LogP contribution in [0.25, 0.3) is 33.6 Å². The summed E-state index contributed by atoms with van der Waals surface area (Å²) in [6, 6.07) is 24.5. The summed E-state index contributed by atoms with van der Waals surface area (Å²) in [5.41, 5.74) is 8.07. The highest BCUT2D eigenvalue weighted by atomic mass is 16.5. The van der Waals surface area contributed by atoms with Gasteiger partial charge in [0.25, 0.3) is 0 Å². The minimum Gasteiger partial charge on any atom is -0.497 e. The number of hydrogen-bond acceptors (Lipinski definition) is 4. The number of ether oxygens (including phenoxy) is 2. The van der Waals surface area contributed by atoms with E-state index in [1.165, 1.54) is 0 Å². The van der Waals surface area contributed by atoms with Crippen LogP contribution < -0.4 is 9.47 Å². The van der Waals surface area contributed by atoms with E-state index in [0.29, 0.717) is 0 Å². The summed E-state index contributed by atoms with van der Waals surface area (Å²) in [6.07, 6.45) is 0. The molecule has 0 saturated heterocycles. The Morgan fingerprint density at radius 2 is 0.867 bits per heavy atom. The molecule has 2 heterocycles. The summed E-state index contributed by atoms with van der Waals surface area (Å²) in [7, 11) is 3.35. The van der Waals surface area contributed by atoms with Crippen LogP contribution in [0, 0.1) is 13.8 Å². The number of methoxy groups -OCH3 is 2. The number of aryl methyl sites for hydroxylation is 2. The molecule has 0 aliphatic heterocycles. The predicted octanol–water partition coefficient (Wildman–Crippen LogP) is 6.11. The molecule has 4 nitrogen and oxygen atoms in total. The van der Waals surface area contributed by atoms with Crippen LogP contribution in [0.15, 0.2) is 72.8 Å². The SMILES string of the molecule is COc1ccc(-c2cc(C)nc(-c3cc(-c4ccc(OC)cc4)cc(C)n3)c2)cc1. The van der Waals surface area contributed by atoms with Gasteiger partial charge in [0.05, 0.1) is 25.6 Å². The van der Waals surface area contributed by atoms with Gasteiger partial charge in [-0.25, -0.2) is 0 Å². The fourth-order valence-corrected chi connectivity index (χ4v) is 3.50. The summed E-state index contributed by atoms with van der Waals surface area (Å²) in [5.74, 6) is 1.68. The molecule has 4 aromatic rings. The molecule has 0 bridgehead atoms. The quantitative estimate of drug-likeness (QED) is 0.408. The third-order valence-corrected chi connectivity index (χ3v) is 5.02. The standard InChI is InChI=1S/C26H24N2O2/c1-17-13-21(19-5-9-23(29-3)10-6-19)15-25(27-17)26-16-22(14-18(2)28-26)20-7-11-24(30-4)12-8-20/h5-16H,1-4H3. The van der Waals surface area contributed by atoms with E-state index in [9.17, 15) is 0 Å². The average Bonchev–Trinajstić information content (AvgIpc) is 2.78. The van der Waals surface area contributed by atoms with Crippen LogP contribution in [0.2, 0.25) is 0 Å². The molecule has 0 amide bonds. The van der Waals surface area contributed by atoms with Crippen molar-refractivity contribution in [1.82, 2.24) is 9.97 Å². The van der Waals surface area contributed by atoms with E-state index >= 15 is 0 Å². The van der Waals surface area contributed by atoms with E-state index in [4.69, 9.17) is 19.4 Å². The van der Waals surface area contributed by atoms with Crippen molar-refractivity contribution in [2.75, 3.05) is 14.2 Å². The van der Waals surface area contributed by atoms with Gasteiger partial charge in [-0.05, 0) is 84.6 Å². The molecular formula is C26H24N2O2. The lowest BCUT2D eigenvalue weighted by Crippen LogP contribution is -1.95. The lowest BCUT2D eigenvalue weighted by Gasteiger charge is -2.11. The molecule has 0 radical (unpaired) electrons. The molecule has 0 unspecified atom stereocenters. The third kappa shape index (κ3) is 4.18. The number of hydrogen-bond donors (Lipinski definition) is 0. The van der Waals surface area contributed by atoms with Crippen LogP contribution in [-0.4, -0.2) is 24.2 Å². The van der Waals surface area contributed by atoms with E-state index in [2.05, 4.69) is 48.5 Å². The zero-order valence-electron chi connectivity index (χ0n) is 17.6. The van der Waals surface area contributed by atoms with Gasteiger partial charge in [-0.3, -0.25) is 9.97 Å². The van der Waals surface area contributed by atoms with Gasteiger partial charge < -0.3 is 9.47 Å². The highest BCUT2D eigenvalue weighted by Gasteiger charge is 2.10. The van der Waals surface area contributed by atoms with E-state index in [0.717, 1.165) is 56.5 Å². The molecule has 0 aliphatic rings. The van der Waals surface area contributed by atoms with Gasteiger partial charge in [0.2, 0.25) is 0 Å². The Labute approximate surface area is 177 Å². The van der Waals surface area contributed by atoms with E-state index in [1.807, 2.05) is 38.1 Å². The predicted molar refractivity (Wildman–Crippen MR) is 121 cm³/mol. The molecular weight excluding hydrogens is 372 g/mol. The Morgan fingerprint density at radius 3 is 1.20 bits per heavy atom. The fraction of sp³-hybridized carbons (Fsp3) is 0.154. The second kappa shape index (κ2) is 8.37. The number of benzene rings is 2. The van der Waals surface area contributed by atoms with Crippen molar-refractivity contribution in [2.45, 2.75) is 13.8 Å². The lowest BCUT2D eigenvalue weighted by atomic mass is 10.0. The monoisotopic (exact) mass is 396 g/mol. The number of aromatic nitrogens is 2. The molecule has 0 fully saturated rings. The summed E-state index contributed by atoms with van der Waals surface area (Å²) in [6.45, 7) is 4.02. The van der Waals surface area contributed by atoms with Crippen LogP contribution in [-0.2, 0) is 0 Å². The molecule has 2 aromatic carbocycles. The molecule has 4 rings (SSSR count). The van der Waals surface area contributed by atoms with Crippen molar-refractivity contribution in [3.63, 3.8) is 0 Å². The Morgan fingerprint density at radius 1 is 0.500 bits per heavy atom. The highest BCUT2D eigenvalue weighted by Crippen LogP contribution is 2.30. The first-order valence-corrected chi connectivity index (χ1v) is 9.82. The Hall–Kier alpha value is -3.66. The van der Waals surface area contributed by atoms with Gasteiger partial charge in [0, 0.05) is 11.4 Å². The topological polar surface area (TPSA) is 44.2 Å². The maximum Gasteiger partial charge on any atom is 0.118 e. The Kier molecular flexibility index (Phi) is 5.48. The molecule has 0 N–H and O–H groups in total. The van der Waals surface area contributed by atoms with Gasteiger partial charge in [-0.15, -0.1) is 0 Å². The number of pyridine rings is 2. The number of nitrogens with zero attached hydrogens (tertiary/aromatic N) is 2. The van der Waals surface area contributed by atoms with Crippen molar-refractivity contribution in [3.05, 3.63) is 84.2 Å². The van der Waals surface area contributed by atoms with Crippen molar-refractivity contribution in [2.24, 2.45) is 0 Å². The normalized spacial score (nSPS) is 10.7. The van der Waals surface area contributed by atoms with Crippen molar-refractivity contribution in [1.29, 1.82) is 0 Å². The third-order valence-electron chi connectivity index (χ3n) is 5.02. The van der Waals surface area contributed by atoms with Crippen LogP contribution in [0.4, 0.5) is 0 Å².